The summed E-state index contributed by atoms with van der Waals surface area (Å²) < 4.78 is 0. The van der Waals surface area contributed by atoms with Gasteiger partial charge in [-0.05, 0) is 17.7 Å². The number of benzene rings is 1. The highest BCUT2D eigenvalue weighted by Crippen LogP contribution is 2.15. The Morgan fingerprint density at radius 2 is 1.77 bits per heavy atom. The molecule has 0 aromatic heterocycles. The maximum Gasteiger partial charge on any atom is 0.335 e. The zero-order chi connectivity index (χ0) is 9.14. The number of aliphatic carboxylic acids is 1. The molecule has 2 nitrogen and oxygen atoms in total. The highest BCUT2D eigenvalue weighted by molar-refractivity contribution is 6.30. The zero-order valence-corrected chi connectivity index (χ0v) is 8.23. The van der Waals surface area contributed by atoms with Gasteiger partial charge in [0.15, 0.2) is 0 Å². The first-order valence-corrected chi connectivity index (χ1v) is 3.67. The van der Waals surface area contributed by atoms with Crippen LogP contribution in [0.1, 0.15) is 5.56 Å². The van der Waals surface area contributed by atoms with E-state index in [2.05, 4.69) is 6.58 Å². The number of carboxylic acid groups (broad SMARTS) is 1. The molecule has 1 N–H and O–H groups in total. The summed E-state index contributed by atoms with van der Waals surface area (Å²) in [7, 11) is 0. The van der Waals surface area contributed by atoms with Crippen molar-refractivity contribution in [2.45, 2.75) is 0 Å². The fraction of sp³-hybridized carbons (Fsp3) is 0. The second kappa shape index (κ2) is 4.90. The Bertz CT molecular complexity index is 317. The number of hydrogen-bond donors (Lipinski definition) is 1. The maximum atomic E-state index is 10.5. The predicted molar refractivity (Wildman–Crippen MR) is 55.4 cm³/mol. The van der Waals surface area contributed by atoms with Crippen molar-refractivity contribution in [3.63, 3.8) is 0 Å². The van der Waals surface area contributed by atoms with E-state index in [-0.39, 0.29) is 18.0 Å². The van der Waals surface area contributed by atoms with E-state index in [9.17, 15) is 4.79 Å². The smallest absolute Gasteiger partial charge is 0.335 e. The van der Waals surface area contributed by atoms with Crippen molar-refractivity contribution in [3.05, 3.63) is 41.4 Å². The van der Waals surface area contributed by atoms with Gasteiger partial charge in [0.1, 0.15) is 0 Å². The molecule has 1 aromatic carbocycles. The average Bonchev–Trinajstić information content (AvgIpc) is 2.04. The summed E-state index contributed by atoms with van der Waals surface area (Å²) in [6, 6.07) is 6.51. The van der Waals surface area contributed by atoms with Crippen LogP contribution in [0.25, 0.3) is 5.57 Å². The van der Waals surface area contributed by atoms with E-state index in [1.807, 2.05) is 0 Å². The van der Waals surface area contributed by atoms with Gasteiger partial charge in [-0.3, -0.25) is 0 Å². The van der Waals surface area contributed by atoms with Crippen molar-refractivity contribution in [3.8, 4) is 0 Å². The third-order valence-corrected chi connectivity index (χ3v) is 1.70. The molecule has 0 bridgehead atoms. The van der Waals surface area contributed by atoms with E-state index in [1.165, 1.54) is 0 Å². The molecule has 0 heterocycles. The number of carboxylic acids is 1. The first kappa shape index (κ1) is 12.0. The molecule has 1 rings (SSSR count). The summed E-state index contributed by atoms with van der Waals surface area (Å²) in [5.74, 6) is -1.02. The molecule has 0 unspecified atom stereocenters. The van der Waals surface area contributed by atoms with Crippen molar-refractivity contribution in [2.24, 2.45) is 0 Å². The van der Waals surface area contributed by atoms with E-state index in [0.29, 0.717) is 10.6 Å². The van der Waals surface area contributed by atoms with Crippen LogP contribution in [0.2, 0.25) is 5.02 Å². The second-order valence-corrected chi connectivity index (χ2v) is 2.73. The van der Waals surface area contributed by atoms with Gasteiger partial charge >= 0.3 is 5.97 Å². The monoisotopic (exact) mass is 218 g/mol. The van der Waals surface area contributed by atoms with Gasteiger partial charge in [0.25, 0.3) is 0 Å². The van der Waals surface area contributed by atoms with Gasteiger partial charge in [0.05, 0.1) is 5.57 Å². The van der Waals surface area contributed by atoms with Gasteiger partial charge in [-0.25, -0.2) is 4.79 Å². The molecule has 0 aliphatic rings. The van der Waals surface area contributed by atoms with Crippen molar-refractivity contribution in [2.75, 3.05) is 0 Å². The molecule has 13 heavy (non-hydrogen) atoms. The molecule has 0 radical (unpaired) electrons. The van der Waals surface area contributed by atoms with E-state index in [1.54, 1.807) is 24.3 Å². The lowest BCUT2D eigenvalue weighted by Gasteiger charge is -1.98. The van der Waals surface area contributed by atoms with Crippen molar-refractivity contribution in [1.82, 2.24) is 0 Å². The summed E-state index contributed by atoms with van der Waals surface area (Å²) in [4.78, 5) is 10.5. The van der Waals surface area contributed by atoms with Crippen LogP contribution in [0.15, 0.2) is 30.8 Å². The van der Waals surface area contributed by atoms with Crippen LogP contribution in [0.5, 0.6) is 0 Å². The molecular formula is C9H8Cl2O2. The molecule has 1 aromatic rings. The highest BCUT2D eigenvalue weighted by Gasteiger charge is 2.05. The Morgan fingerprint density at radius 1 is 1.31 bits per heavy atom. The van der Waals surface area contributed by atoms with Crippen LogP contribution in [-0.2, 0) is 4.79 Å². The molecule has 0 aliphatic heterocycles. The lowest BCUT2D eigenvalue weighted by atomic mass is 10.1. The van der Waals surface area contributed by atoms with E-state index < -0.39 is 5.97 Å². The fourth-order valence-electron chi connectivity index (χ4n) is 0.775. The summed E-state index contributed by atoms with van der Waals surface area (Å²) in [6.07, 6.45) is 0. The lowest BCUT2D eigenvalue weighted by Crippen LogP contribution is -1.97. The third kappa shape index (κ3) is 3.09. The van der Waals surface area contributed by atoms with Gasteiger partial charge < -0.3 is 5.11 Å². The Kier molecular flexibility index (Phi) is 4.52. The normalized spacial score (nSPS) is 8.69. The molecule has 0 fully saturated rings. The Balaban J connectivity index is 0.00000144. The Labute approximate surface area is 87.2 Å². The number of carbonyl (C=O) groups is 1. The summed E-state index contributed by atoms with van der Waals surface area (Å²) in [6.45, 7) is 3.41. The largest absolute Gasteiger partial charge is 0.478 e. The molecule has 0 aliphatic carbocycles. The second-order valence-electron chi connectivity index (χ2n) is 2.29. The number of halogens is 2. The van der Waals surface area contributed by atoms with Gasteiger partial charge in [0, 0.05) is 5.02 Å². The number of hydrogen-bond acceptors (Lipinski definition) is 1. The van der Waals surface area contributed by atoms with Crippen LogP contribution in [0, 0.1) is 0 Å². The van der Waals surface area contributed by atoms with Crippen LogP contribution in [0.4, 0.5) is 0 Å². The Hall–Kier alpha value is -0.990. The summed E-state index contributed by atoms with van der Waals surface area (Å²) >= 11 is 5.62. The minimum absolute atomic E-state index is 0. The summed E-state index contributed by atoms with van der Waals surface area (Å²) in [5.41, 5.74) is 0.651. The topological polar surface area (TPSA) is 37.3 Å². The molecule has 0 atom stereocenters. The summed E-state index contributed by atoms with van der Waals surface area (Å²) in [5, 5.41) is 9.15. The first-order valence-electron chi connectivity index (χ1n) is 3.29. The lowest BCUT2D eigenvalue weighted by molar-refractivity contribution is -0.130. The standard InChI is InChI=1S/C9H7ClO2.ClH/c1-6(9(11)12)7-2-4-8(10)5-3-7;/h2-5H,1H2,(H,11,12);1H. The molecule has 4 heteroatoms. The van der Waals surface area contributed by atoms with Crippen LogP contribution >= 0.6 is 24.0 Å². The first-order chi connectivity index (χ1) is 5.61. The van der Waals surface area contributed by atoms with Crippen molar-refractivity contribution in [1.29, 1.82) is 0 Å². The van der Waals surface area contributed by atoms with Crippen LogP contribution in [0.3, 0.4) is 0 Å². The van der Waals surface area contributed by atoms with Gasteiger partial charge in [0.2, 0.25) is 0 Å². The van der Waals surface area contributed by atoms with Crippen LogP contribution in [-0.4, -0.2) is 11.1 Å². The average molecular weight is 219 g/mol. The molecular weight excluding hydrogens is 211 g/mol. The van der Waals surface area contributed by atoms with Gasteiger partial charge in [-0.1, -0.05) is 30.3 Å². The van der Waals surface area contributed by atoms with Gasteiger partial charge in [-0.2, -0.15) is 0 Å². The van der Waals surface area contributed by atoms with E-state index in [4.69, 9.17) is 16.7 Å². The van der Waals surface area contributed by atoms with Crippen LogP contribution < -0.4 is 0 Å². The van der Waals surface area contributed by atoms with Crippen molar-refractivity contribution >= 4 is 35.6 Å². The minimum atomic E-state index is -1.02. The maximum absolute atomic E-state index is 10.5. The van der Waals surface area contributed by atoms with Crippen molar-refractivity contribution < 1.29 is 9.90 Å². The predicted octanol–water partition coefficient (Wildman–Crippen LogP) is 2.86. The molecule has 0 spiro atoms. The zero-order valence-electron chi connectivity index (χ0n) is 6.66. The van der Waals surface area contributed by atoms with E-state index in [0.717, 1.165) is 0 Å². The molecule has 0 amide bonds. The van der Waals surface area contributed by atoms with Gasteiger partial charge in [-0.15, -0.1) is 12.4 Å². The fourth-order valence-corrected chi connectivity index (χ4v) is 0.901. The minimum Gasteiger partial charge on any atom is -0.478 e. The quantitative estimate of drug-likeness (QED) is 0.776. The molecule has 70 valence electrons. The molecule has 0 saturated heterocycles. The Morgan fingerprint density at radius 3 is 2.15 bits per heavy atom. The highest BCUT2D eigenvalue weighted by atomic mass is 35.5. The van der Waals surface area contributed by atoms with E-state index >= 15 is 0 Å². The number of rotatable bonds is 2. The molecule has 0 saturated carbocycles. The third-order valence-electron chi connectivity index (χ3n) is 1.45. The SMILES string of the molecule is C=C(C(=O)O)c1ccc(Cl)cc1.Cl.